The number of nitrogens with one attached hydrogen (secondary N) is 1. The van der Waals surface area contributed by atoms with Gasteiger partial charge < -0.3 is 18.6 Å². The zero-order valence-corrected chi connectivity index (χ0v) is 22.3. The molecule has 42 heavy (non-hydrogen) atoms. The molecule has 0 radical (unpaired) electrons. The van der Waals surface area contributed by atoms with Gasteiger partial charge in [-0.3, -0.25) is 10.4 Å². The number of hydrogen-bond acceptors (Lipinski definition) is 8. The minimum absolute atomic E-state index is 0.00533. The molecule has 0 amide bonds. The van der Waals surface area contributed by atoms with E-state index >= 15 is 0 Å². The lowest BCUT2D eigenvalue weighted by atomic mass is 10.0. The normalized spacial score (nSPS) is 13.5. The van der Waals surface area contributed by atoms with Crippen LogP contribution in [-0.2, 0) is 15.7 Å². The number of fused-ring (bicyclic) bond motifs is 1. The van der Waals surface area contributed by atoms with Gasteiger partial charge in [-0.2, -0.15) is 13.2 Å². The Bertz CT molecular complexity index is 1630. The van der Waals surface area contributed by atoms with Gasteiger partial charge in [-0.25, -0.2) is 18.6 Å². The molecule has 0 saturated heterocycles. The summed E-state index contributed by atoms with van der Waals surface area (Å²) in [7, 11) is 0. The van der Waals surface area contributed by atoms with Gasteiger partial charge in [0.15, 0.2) is 29.3 Å². The summed E-state index contributed by atoms with van der Waals surface area (Å²) in [5.74, 6) is -2.80. The maximum atomic E-state index is 14.4. The van der Waals surface area contributed by atoms with E-state index < -0.39 is 35.4 Å². The third-order valence-electron chi connectivity index (χ3n) is 6.26. The molecule has 1 aliphatic heterocycles. The third kappa shape index (κ3) is 5.51. The minimum Gasteiger partial charge on any atom is -0.494 e. The van der Waals surface area contributed by atoms with Gasteiger partial charge in [0.05, 0.1) is 30.8 Å². The number of hydrazine groups is 1. The number of ether oxygens (including phenoxy) is 2. The van der Waals surface area contributed by atoms with Crippen LogP contribution in [-0.4, -0.2) is 33.9 Å². The molecule has 0 saturated carbocycles. The van der Waals surface area contributed by atoms with E-state index in [2.05, 4.69) is 15.6 Å². The van der Waals surface area contributed by atoms with Crippen LogP contribution < -0.4 is 15.2 Å². The molecule has 3 heterocycles. The van der Waals surface area contributed by atoms with Crippen LogP contribution in [0.3, 0.4) is 0 Å². The molecule has 1 unspecified atom stereocenters. The van der Waals surface area contributed by atoms with Gasteiger partial charge in [0.1, 0.15) is 17.1 Å². The average Bonchev–Trinajstić information content (AvgIpc) is 3.61. The number of nitrogens with zero attached hydrogens (tertiary/aromatic N) is 4. The summed E-state index contributed by atoms with van der Waals surface area (Å²) in [6.07, 6.45) is 0.0483. The van der Waals surface area contributed by atoms with E-state index in [1.807, 2.05) is 6.92 Å². The lowest BCUT2D eigenvalue weighted by Crippen LogP contribution is -2.29. The Labute approximate surface area is 236 Å². The van der Waals surface area contributed by atoms with Crippen LogP contribution >= 0.6 is 0 Å². The summed E-state index contributed by atoms with van der Waals surface area (Å²) >= 11 is 0. The maximum absolute atomic E-state index is 14.4. The second-order valence-electron chi connectivity index (χ2n) is 9.08. The van der Waals surface area contributed by atoms with Gasteiger partial charge in [-0.15, -0.1) is 0 Å². The number of carbonyl (C=O) groups excluding carboxylic acids is 1. The zero-order valence-electron chi connectivity index (χ0n) is 22.3. The monoisotopic (exact) mass is 589 g/mol. The Morgan fingerprint density at radius 3 is 2.69 bits per heavy atom. The lowest BCUT2D eigenvalue weighted by Gasteiger charge is -2.26. The first-order chi connectivity index (χ1) is 20.1. The smallest absolute Gasteiger partial charge is 0.417 e. The maximum Gasteiger partial charge on any atom is 0.417 e. The Hall–Kier alpha value is -4.88. The third-order valence-corrected chi connectivity index (χ3v) is 6.26. The van der Waals surface area contributed by atoms with Gasteiger partial charge in [0.2, 0.25) is 0 Å². The van der Waals surface area contributed by atoms with Crippen LogP contribution in [0.1, 0.15) is 43.3 Å². The van der Waals surface area contributed by atoms with E-state index in [0.29, 0.717) is 12.1 Å². The number of rotatable bonds is 9. The summed E-state index contributed by atoms with van der Waals surface area (Å²) in [5.41, 5.74) is 1.62. The second-order valence-corrected chi connectivity index (χ2v) is 9.08. The predicted octanol–water partition coefficient (Wildman–Crippen LogP) is 6.59. The van der Waals surface area contributed by atoms with Gasteiger partial charge in [0.25, 0.3) is 0 Å². The number of halogens is 5. The average molecular weight is 590 g/mol. The Morgan fingerprint density at radius 1 is 1.14 bits per heavy atom. The Morgan fingerprint density at radius 2 is 1.95 bits per heavy atom. The number of alkyl halides is 3. The van der Waals surface area contributed by atoms with E-state index in [9.17, 15) is 26.7 Å². The molecule has 14 heteroatoms. The van der Waals surface area contributed by atoms with Crippen LogP contribution in [0.15, 0.2) is 59.5 Å². The van der Waals surface area contributed by atoms with Crippen molar-refractivity contribution in [2.75, 3.05) is 23.6 Å². The molecule has 1 atom stereocenters. The van der Waals surface area contributed by atoms with Crippen molar-refractivity contribution in [1.82, 2.24) is 14.7 Å². The summed E-state index contributed by atoms with van der Waals surface area (Å²) in [6, 6.07) is 7.08. The summed E-state index contributed by atoms with van der Waals surface area (Å²) in [4.78, 5) is 17.3. The topological polar surface area (TPSA) is 94.7 Å². The molecule has 2 aromatic heterocycles. The van der Waals surface area contributed by atoms with Gasteiger partial charge in [-0.05, 0) is 49.8 Å². The van der Waals surface area contributed by atoms with Crippen molar-refractivity contribution in [3.8, 4) is 17.0 Å². The van der Waals surface area contributed by atoms with Crippen molar-refractivity contribution < 1.29 is 40.7 Å². The second kappa shape index (κ2) is 11.5. The Balaban J connectivity index is 1.51. The molecule has 220 valence electrons. The number of aromatic nitrogens is 3. The molecule has 0 aliphatic carbocycles. The zero-order chi connectivity index (χ0) is 30.0. The van der Waals surface area contributed by atoms with Crippen molar-refractivity contribution in [3.63, 3.8) is 0 Å². The van der Waals surface area contributed by atoms with E-state index in [4.69, 9.17) is 14.0 Å². The largest absolute Gasteiger partial charge is 0.494 e. The predicted molar refractivity (Wildman–Crippen MR) is 141 cm³/mol. The number of anilines is 2. The van der Waals surface area contributed by atoms with Gasteiger partial charge in [0, 0.05) is 17.8 Å². The Kier molecular flexibility index (Phi) is 7.87. The molecule has 0 spiro atoms. The molecule has 9 nitrogen and oxygen atoms in total. The number of carbonyl (C=O) groups is 1. The van der Waals surface area contributed by atoms with Crippen molar-refractivity contribution in [2.24, 2.45) is 0 Å². The van der Waals surface area contributed by atoms with E-state index in [1.165, 1.54) is 58.5 Å². The molecule has 1 aliphatic rings. The highest BCUT2D eigenvalue weighted by molar-refractivity contribution is 5.80. The fourth-order valence-electron chi connectivity index (χ4n) is 4.37. The molecule has 1 N–H and O–H groups in total. The van der Waals surface area contributed by atoms with Crippen LogP contribution in [0.25, 0.3) is 17.3 Å². The summed E-state index contributed by atoms with van der Waals surface area (Å²) in [5, 5.41) is 5.04. The van der Waals surface area contributed by atoms with Crippen molar-refractivity contribution in [3.05, 3.63) is 83.6 Å². The van der Waals surface area contributed by atoms with E-state index in [1.54, 1.807) is 6.92 Å². The fourth-order valence-corrected chi connectivity index (χ4v) is 4.37. The highest BCUT2D eigenvalue weighted by atomic mass is 19.4. The van der Waals surface area contributed by atoms with Crippen LogP contribution in [0, 0.1) is 11.6 Å². The lowest BCUT2D eigenvalue weighted by molar-refractivity contribution is -0.146. The van der Waals surface area contributed by atoms with Gasteiger partial charge >= 0.3 is 12.1 Å². The van der Waals surface area contributed by atoms with Gasteiger partial charge in [-0.1, -0.05) is 18.1 Å². The fraction of sp³-hybridized carbons (Fsp3) is 0.250. The highest BCUT2D eigenvalue weighted by Crippen LogP contribution is 2.40. The number of imidazole rings is 1. The van der Waals surface area contributed by atoms with Crippen molar-refractivity contribution in [2.45, 2.75) is 32.5 Å². The quantitative estimate of drug-likeness (QED) is 0.173. The molecule has 0 fully saturated rings. The number of hydrogen-bond donors (Lipinski definition) is 1. The molecule has 2 aromatic carbocycles. The highest BCUT2D eigenvalue weighted by Gasteiger charge is 2.37. The first-order valence-corrected chi connectivity index (χ1v) is 12.8. The molecule has 4 aromatic rings. The van der Waals surface area contributed by atoms with Crippen LogP contribution in [0.4, 0.5) is 33.5 Å². The number of esters is 1. The first kappa shape index (κ1) is 28.6. The molecule has 5 rings (SSSR count). The number of benzene rings is 2. The summed E-state index contributed by atoms with van der Waals surface area (Å²) in [6.45, 7) is 3.68. The van der Waals surface area contributed by atoms with Crippen molar-refractivity contribution in [1.29, 1.82) is 0 Å². The van der Waals surface area contributed by atoms with Crippen molar-refractivity contribution >= 4 is 23.6 Å². The van der Waals surface area contributed by atoms with Crippen LogP contribution in [0.2, 0.25) is 0 Å². The standard InChI is InChI=1S/C28H24F5N5O4/c1-3-12-41-16-8-9-17(18(13-16)28(31,32)33)20-14-23(42-36-20)25(27(39)40-4-2)37-15-34-26-22(37)10-11-38(35-26)21-7-5-6-19(29)24(21)30/h5-11,13-15,25,35H,3-4,12H2,1-2H3. The molecule has 0 bridgehead atoms. The van der Waals surface area contributed by atoms with E-state index in [-0.39, 0.29) is 47.5 Å². The minimum atomic E-state index is -4.73. The van der Waals surface area contributed by atoms with Crippen LogP contribution in [0.5, 0.6) is 5.75 Å². The SMILES string of the molecule is CCCOc1ccc(-c2cc(C(C(=O)OCC)n3cnc4c3C=CN(c3cccc(F)c3F)N4)on2)c(C(F)(F)F)c1. The molecular formula is C28H24F5N5O4. The first-order valence-electron chi connectivity index (χ1n) is 12.8. The van der Waals surface area contributed by atoms with E-state index in [0.717, 1.165) is 12.1 Å². The molecular weight excluding hydrogens is 565 g/mol. The summed E-state index contributed by atoms with van der Waals surface area (Å²) < 4.78 is 87.4.